The Bertz CT molecular complexity index is 33.5. The maximum atomic E-state index is 8.37. The summed E-state index contributed by atoms with van der Waals surface area (Å²) in [5, 5.41) is 8.37. The predicted molar refractivity (Wildman–Crippen MR) is 40.0 cm³/mol. The van der Waals surface area contributed by atoms with Crippen molar-refractivity contribution in [1.29, 1.82) is 0 Å². The Morgan fingerprint density at radius 1 is 1.38 bits per heavy atom. The van der Waals surface area contributed by atoms with E-state index < -0.39 is 0 Å². The van der Waals surface area contributed by atoms with Crippen LogP contribution >= 0.6 is 8.58 Å². The summed E-state index contributed by atoms with van der Waals surface area (Å²) < 4.78 is 0. The van der Waals surface area contributed by atoms with Crippen molar-refractivity contribution in [2.75, 3.05) is 18.9 Å². The molecule has 1 unspecified atom stereocenters. The molecular formula is C6H15OP. The van der Waals surface area contributed by atoms with Crippen molar-refractivity contribution in [2.45, 2.75) is 19.8 Å². The maximum Gasteiger partial charge on any atom is 0.0467 e. The molecule has 0 aromatic heterocycles. The van der Waals surface area contributed by atoms with Crippen LogP contribution in [0.4, 0.5) is 0 Å². The van der Waals surface area contributed by atoms with Crippen molar-refractivity contribution >= 4 is 8.58 Å². The lowest BCUT2D eigenvalue weighted by Crippen LogP contribution is -1.84. The first-order valence-electron chi connectivity index (χ1n) is 3.23. The Labute approximate surface area is 53.3 Å². The second kappa shape index (κ2) is 7.39. The van der Waals surface area contributed by atoms with Gasteiger partial charge in [0.2, 0.25) is 0 Å². The van der Waals surface area contributed by atoms with Crippen LogP contribution in [0.15, 0.2) is 0 Å². The van der Waals surface area contributed by atoms with E-state index in [9.17, 15) is 0 Å². The van der Waals surface area contributed by atoms with Crippen LogP contribution in [0.5, 0.6) is 0 Å². The van der Waals surface area contributed by atoms with E-state index in [4.69, 9.17) is 5.11 Å². The van der Waals surface area contributed by atoms with E-state index >= 15 is 0 Å². The van der Waals surface area contributed by atoms with Gasteiger partial charge in [-0.2, -0.15) is 0 Å². The zero-order valence-corrected chi connectivity index (χ0v) is 6.48. The third-order valence-electron chi connectivity index (χ3n) is 0.996. The minimum atomic E-state index is 0.377. The van der Waals surface area contributed by atoms with Gasteiger partial charge in [-0.3, -0.25) is 0 Å². The first-order chi connectivity index (χ1) is 3.91. The summed E-state index contributed by atoms with van der Waals surface area (Å²) in [5.41, 5.74) is 0. The summed E-state index contributed by atoms with van der Waals surface area (Å²) in [7, 11) is 0.989. The summed E-state index contributed by atoms with van der Waals surface area (Å²) in [4.78, 5) is 0. The van der Waals surface area contributed by atoms with Crippen molar-refractivity contribution in [3.05, 3.63) is 0 Å². The van der Waals surface area contributed by atoms with Gasteiger partial charge in [0.25, 0.3) is 0 Å². The highest BCUT2D eigenvalue weighted by atomic mass is 31.1. The van der Waals surface area contributed by atoms with Gasteiger partial charge in [0.05, 0.1) is 0 Å². The molecule has 0 spiro atoms. The molecule has 1 N–H and O–H groups in total. The first-order valence-corrected chi connectivity index (χ1v) is 4.64. The lowest BCUT2D eigenvalue weighted by Gasteiger charge is -1.94. The predicted octanol–water partition coefficient (Wildman–Crippen LogP) is 1.46. The van der Waals surface area contributed by atoms with Gasteiger partial charge in [0.15, 0.2) is 0 Å². The van der Waals surface area contributed by atoms with Crippen LogP contribution in [0.25, 0.3) is 0 Å². The van der Waals surface area contributed by atoms with Crippen LogP contribution in [0.1, 0.15) is 19.8 Å². The molecule has 0 bridgehead atoms. The molecule has 1 nitrogen and oxygen atoms in total. The molecular weight excluding hydrogens is 119 g/mol. The number of aliphatic hydroxyl groups excluding tert-OH is 1. The molecule has 0 aromatic carbocycles. The highest BCUT2D eigenvalue weighted by molar-refractivity contribution is 7.37. The van der Waals surface area contributed by atoms with Crippen molar-refractivity contribution < 1.29 is 5.11 Å². The Balaban J connectivity index is 2.53. The van der Waals surface area contributed by atoms with Crippen LogP contribution < -0.4 is 0 Å². The Morgan fingerprint density at radius 2 is 2.12 bits per heavy atom. The van der Waals surface area contributed by atoms with Gasteiger partial charge in [0, 0.05) is 6.61 Å². The zero-order chi connectivity index (χ0) is 6.24. The van der Waals surface area contributed by atoms with Crippen LogP contribution in [0, 0.1) is 0 Å². The average Bonchev–Trinajstić information content (AvgIpc) is 1.81. The van der Waals surface area contributed by atoms with Gasteiger partial charge in [0.1, 0.15) is 0 Å². The number of hydrogen-bond donors (Lipinski definition) is 1. The molecule has 8 heavy (non-hydrogen) atoms. The van der Waals surface area contributed by atoms with Crippen molar-refractivity contribution in [1.82, 2.24) is 0 Å². The molecule has 0 saturated carbocycles. The maximum absolute atomic E-state index is 8.37. The van der Waals surface area contributed by atoms with Gasteiger partial charge in [-0.25, -0.2) is 0 Å². The molecule has 0 aliphatic rings. The quantitative estimate of drug-likeness (QED) is 0.445. The molecule has 0 radical (unpaired) electrons. The van der Waals surface area contributed by atoms with Crippen LogP contribution in [0.3, 0.4) is 0 Å². The molecule has 0 aromatic rings. The average molecular weight is 134 g/mol. The third kappa shape index (κ3) is 6.39. The van der Waals surface area contributed by atoms with Crippen LogP contribution in [-0.2, 0) is 0 Å². The minimum Gasteiger partial charge on any atom is -0.396 e. The molecule has 2 heteroatoms. The fourth-order valence-corrected chi connectivity index (χ4v) is 1.52. The lowest BCUT2D eigenvalue weighted by molar-refractivity contribution is 0.322. The highest BCUT2D eigenvalue weighted by Crippen LogP contribution is 2.10. The molecule has 0 heterocycles. The van der Waals surface area contributed by atoms with E-state index in [1.54, 1.807) is 0 Å². The summed E-state index contributed by atoms with van der Waals surface area (Å²) in [6.07, 6.45) is 4.95. The summed E-state index contributed by atoms with van der Waals surface area (Å²) in [6.45, 7) is 2.57. The lowest BCUT2D eigenvalue weighted by atomic mass is 10.4. The Hall–Kier alpha value is 0.390. The van der Waals surface area contributed by atoms with Gasteiger partial charge in [-0.15, -0.1) is 8.58 Å². The first kappa shape index (κ1) is 8.39. The Kier molecular flexibility index (Phi) is 7.75. The van der Waals surface area contributed by atoms with E-state index in [-0.39, 0.29) is 0 Å². The molecule has 0 aliphatic carbocycles. The van der Waals surface area contributed by atoms with E-state index in [0.29, 0.717) is 6.61 Å². The normalized spacial score (nSPS) is 11.2. The summed E-state index contributed by atoms with van der Waals surface area (Å²) in [6, 6.07) is 0. The van der Waals surface area contributed by atoms with Crippen molar-refractivity contribution in [3.63, 3.8) is 0 Å². The zero-order valence-electron chi connectivity index (χ0n) is 5.48. The van der Waals surface area contributed by atoms with Gasteiger partial charge < -0.3 is 5.11 Å². The number of aliphatic hydroxyl groups is 1. The molecule has 0 aliphatic heterocycles. The highest BCUT2D eigenvalue weighted by Gasteiger charge is 1.83. The molecule has 0 rings (SSSR count). The third-order valence-corrected chi connectivity index (χ3v) is 2.28. The molecule has 0 amide bonds. The van der Waals surface area contributed by atoms with E-state index in [2.05, 4.69) is 6.92 Å². The fourth-order valence-electron chi connectivity index (χ4n) is 0.506. The molecule has 50 valence electrons. The van der Waals surface area contributed by atoms with Gasteiger partial charge in [-0.1, -0.05) is 13.3 Å². The second-order valence-corrected chi connectivity index (χ2v) is 3.33. The fraction of sp³-hybridized carbons (Fsp3) is 1.00. The van der Waals surface area contributed by atoms with Crippen molar-refractivity contribution in [3.8, 4) is 0 Å². The number of rotatable bonds is 5. The van der Waals surface area contributed by atoms with E-state index in [1.807, 2.05) is 0 Å². The topological polar surface area (TPSA) is 20.2 Å². The Morgan fingerprint density at radius 3 is 2.62 bits per heavy atom. The largest absolute Gasteiger partial charge is 0.396 e. The standard InChI is InChI=1S/C6H15OP/c1-2-3-5-8-6-4-7/h7-8H,2-6H2,1H3. The van der Waals surface area contributed by atoms with Crippen molar-refractivity contribution in [2.24, 2.45) is 0 Å². The SMILES string of the molecule is CCCCPCCO. The number of hydrogen-bond acceptors (Lipinski definition) is 1. The molecule has 0 saturated heterocycles. The smallest absolute Gasteiger partial charge is 0.0467 e. The van der Waals surface area contributed by atoms with Gasteiger partial charge >= 0.3 is 0 Å². The number of unbranched alkanes of at least 4 members (excludes halogenated alkanes) is 1. The van der Waals surface area contributed by atoms with E-state index in [0.717, 1.165) is 14.7 Å². The van der Waals surface area contributed by atoms with Crippen LogP contribution in [-0.4, -0.2) is 24.0 Å². The van der Waals surface area contributed by atoms with Crippen LogP contribution in [0.2, 0.25) is 0 Å². The van der Waals surface area contributed by atoms with Gasteiger partial charge in [-0.05, 0) is 18.7 Å². The minimum absolute atomic E-state index is 0.377. The summed E-state index contributed by atoms with van der Waals surface area (Å²) in [5.74, 6) is 0. The van der Waals surface area contributed by atoms with E-state index in [1.165, 1.54) is 19.0 Å². The monoisotopic (exact) mass is 134 g/mol. The molecule has 0 fully saturated rings. The molecule has 1 atom stereocenters. The second-order valence-electron chi connectivity index (χ2n) is 1.83. The summed E-state index contributed by atoms with van der Waals surface area (Å²) >= 11 is 0.